The predicted molar refractivity (Wildman–Crippen MR) is 123 cm³/mol. The Labute approximate surface area is 186 Å². The van der Waals surface area contributed by atoms with E-state index < -0.39 is 0 Å². The first-order chi connectivity index (χ1) is 15.5. The molecule has 7 heteroatoms. The van der Waals surface area contributed by atoms with Crippen molar-refractivity contribution in [2.45, 2.75) is 20.8 Å². The third-order valence-electron chi connectivity index (χ3n) is 4.87. The summed E-state index contributed by atoms with van der Waals surface area (Å²) >= 11 is 0. The molecule has 0 fully saturated rings. The molecule has 2 aromatic carbocycles. The van der Waals surface area contributed by atoms with Crippen LogP contribution in [0.1, 0.15) is 17.0 Å². The summed E-state index contributed by atoms with van der Waals surface area (Å²) in [5.41, 5.74) is 4.40. The standard InChI is InChI=1S/C25H24N4O3/c1-17-10-12-20(13-11-17)29-19(3)25(18(2)28-29)27-23(30)16-31-21-7-6-8-22(15-21)32-24-9-4-5-14-26-24/h4-15H,16H2,1-3H3,(H,27,30). The molecule has 0 atom stereocenters. The lowest BCUT2D eigenvalue weighted by Gasteiger charge is -2.10. The molecule has 4 aromatic rings. The Kier molecular flexibility index (Phi) is 6.17. The highest BCUT2D eigenvalue weighted by Crippen LogP contribution is 2.25. The van der Waals surface area contributed by atoms with E-state index in [1.807, 2.05) is 61.9 Å². The SMILES string of the molecule is Cc1ccc(-n2nc(C)c(NC(=O)COc3cccc(Oc4ccccn4)c3)c2C)cc1. The van der Waals surface area contributed by atoms with Crippen LogP contribution in [0.3, 0.4) is 0 Å². The maximum atomic E-state index is 12.5. The van der Waals surface area contributed by atoms with E-state index in [9.17, 15) is 4.79 Å². The van der Waals surface area contributed by atoms with E-state index in [0.29, 0.717) is 23.1 Å². The van der Waals surface area contributed by atoms with Gasteiger partial charge >= 0.3 is 0 Å². The predicted octanol–water partition coefficient (Wildman–Crippen LogP) is 5.00. The second-order valence-corrected chi connectivity index (χ2v) is 7.37. The molecule has 0 spiro atoms. The topological polar surface area (TPSA) is 78.3 Å². The molecule has 0 bridgehead atoms. The molecule has 0 aliphatic heterocycles. The van der Waals surface area contributed by atoms with Crippen molar-refractivity contribution in [1.82, 2.24) is 14.8 Å². The van der Waals surface area contributed by atoms with Gasteiger partial charge in [-0.25, -0.2) is 9.67 Å². The van der Waals surface area contributed by atoms with E-state index in [1.54, 1.807) is 36.5 Å². The fourth-order valence-corrected chi connectivity index (χ4v) is 3.24. The van der Waals surface area contributed by atoms with Crippen molar-refractivity contribution in [3.63, 3.8) is 0 Å². The van der Waals surface area contributed by atoms with E-state index in [4.69, 9.17) is 9.47 Å². The fraction of sp³-hybridized carbons (Fsp3) is 0.160. The number of rotatable bonds is 7. The summed E-state index contributed by atoms with van der Waals surface area (Å²) in [5, 5.41) is 7.49. The molecule has 0 saturated carbocycles. The van der Waals surface area contributed by atoms with Crippen molar-refractivity contribution in [3.05, 3.63) is 89.9 Å². The summed E-state index contributed by atoms with van der Waals surface area (Å²) < 4.78 is 13.2. The third kappa shape index (κ3) is 4.95. The number of carbonyl (C=O) groups is 1. The summed E-state index contributed by atoms with van der Waals surface area (Å²) in [7, 11) is 0. The van der Waals surface area contributed by atoms with Crippen LogP contribution in [-0.4, -0.2) is 27.3 Å². The minimum atomic E-state index is -0.268. The lowest BCUT2D eigenvalue weighted by atomic mass is 10.2. The fourth-order valence-electron chi connectivity index (χ4n) is 3.24. The van der Waals surface area contributed by atoms with Gasteiger partial charge in [0, 0.05) is 18.3 Å². The van der Waals surface area contributed by atoms with Crippen molar-refractivity contribution in [1.29, 1.82) is 0 Å². The maximum absolute atomic E-state index is 12.5. The number of pyridine rings is 1. The Balaban J connectivity index is 1.39. The van der Waals surface area contributed by atoms with Crippen LogP contribution >= 0.6 is 0 Å². The Morgan fingerprint density at radius 1 is 0.969 bits per heavy atom. The first kappa shape index (κ1) is 21.1. The number of hydrogen-bond acceptors (Lipinski definition) is 5. The van der Waals surface area contributed by atoms with Gasteiger partial charge < -0.3 is 14.8 Å². The molecule has 0 aliphatic rings. The van der Waals surface area contributed by atoms with Crippen LogP contribution in [-0.2, 0) is 4.79 Å². The van der Waals surface area contributed by atoms with Crippen LogP contribution in [0.2, 0.25) is 0 Å². The molecule has 4 rings (SSSR count). The van der Waals surface area contributed by atoms with Crippen molar-refractivity contribution in [2.24, 2.45) is 0 Å². The molecule has 0 radical (unpaired) electrons. The largest absolute Gasteiger partial charge is 0.484 e. The highest BCUT2D eigenvalue weighted by molar-refractivity contribution is 5.93. The first-order valence-electron chi connectivity index (χ1n) is 10.2. The van der Waals surface area contributed by atoms with Crippen molar-refractivity contribution in [3.8, 4) is 23.1 Å². The smallest absolute Gasteiger partial charge is 0.262 e. The number of anilines is 1. The zero-order chi connectivity index (χ0) is 22.5. The zero-order valence-electron chi connectivity index (χ0n) is 18.2. The Morgan fingerprint density at radius 3 is 2.50 bits per heavy atom. The molecule has 0 saturated heterocycles. The molecule has 0 unspecified atom stereocenters. The summed E-state index contributed by atoms with van der Waals surface area (Å²) in [6.45, 7) is 5.69. The normalized spacial score (nSPS) is 10.6. The number of aromatic nitrogens is 3. The first-order valence-corrected chi connectivity index (χ1v) is 10.2. The lowest BCUT2D eigenvalue weighted by molar-refractivity contribution is -0.118. The number of aryl methyl sites for hydroxylation is 2. The second kappa shape index (κ2) is 9.34. The molecular formula is C25H24N4O3. The van der Waals surface area contributed by atoms with Crippen LogP contribution in [0.25, 0.3) is 5.69 Å². The zero-order valence-corrected chi connectivity index (χ0v) is 18.2. The number of ether oxygens (including phenoxy) is 2. The third-order valence-corrected chi connectivity index (χ3v) is 4.87. The number of benzene rings is 2. The van der Waals surface area contributed by atoms with Gasteiger partial charge in [-0.3, -0.25) is 4.79 Å². The van der Waals surface area contributed by atoms with E-state index >= 15 is 0 Å². The second-order valence-electron chi connectivity index (χ2n) is 7.37. The average Bonchev–Trinajstić information content (AvgIpc) is 3.07. The molecule has 2 heterocycles. The minimum absolute atomic E-state index is 0.137. The minimum Gasteiger partial charge on any atom is -0.484 e. The quantitative estimate of drug-likeness (QED) is 0.448. The molecule has 0 aliphatic carbocycles. The highest BCUT2D eigenvalue weighted by atomic mass is 16.5. The van der Waals surface area contributed by atoms with E-state index in [0.717, 1.165) is 17.1 Å². The summed E-state index contributed by atoms with van der Waals surface area (Å²) in [5.74, 6) is 1.32. The van der Waals surface area contributed by atoms with Gasteiger partial charge in [0.25, 0.3) is 5.91 Å². The lowest BCUT2D eigenvalue weighted by Crippen LogP contribution is -2.21. The molecular weight excluding hydrogens is 404 g/mol. The summed E-state index contributed by atoms with van der Waals surface area (Å²) in [6, 6.07) is 20.6. The molecule has 2 aromatic heterocycles. The Bertz CT molecular complexity index is 1220. The van der Waals surface area contributed by atoms with Crippen LogP contribution in [0.15, 0.2) is 72.9 Å². The molecule has 32 heavy (non-hydrogen) atoms. The van der Waals surface area contributed by atoms with E-state index in [2.05, 4.69) is 15.4 Å². The summed E-state index contributed by atoms with van der Waals surface area (Å²) in [6.07, 6.45) is 1.66. The van der Waals surface area contributed by atoms with Gasteiger partial charge in [0.1, 0.15) is 11.5 Å². The summed E-state index contributed by atoms with van der Waals surface area (Å²) in [4.78, 5) is 16.7. The number of nitrogens with one attached hydrogen (secondary N) is 1. The highest BCUT2D eigenvalue weighted by Gasteiger charge is 2.15. The van der Waals surface area contributed by atoms with Gasteiger partial charge in [-0.1, -0.05) is 29.8 Å². The van der Waals surface area contributed by atoms with Gasteiger partial charge in [0.2, 0.25) is 5.88 Å². The van der Waals surface area contributed by atoms with Crippen molar-refractivity contribution in [2.75, 3.05) is 11.9 Å². The molecule has 1 N–H and O–H groups in total. The monoisotopic (exact) mass is 428 g/mol. The van der Waals surface area contributed by atoms with Crippen molar-refractivity contribution >= 4 is 11.6 Å². The van der Waals surface area contributed by atoms with Gasteiger partial charge in [-0.2, -0.15) is 5.10 Å². The number of hydrogen-bond donors (Lipinski definition) is 1. The number of carbonyl (C=O) groups excluding carboxylic acids is 1. The van der Waals surface area contributed by atoms with Crippen LogP contribution < -0.4 is 14.8 Å². The van der Waals surface area contributed by atoms with Gasteiger partial charge in [0.15, 0.2) is 6.61 Å². The Hall–Kier alpha value is -4.13. The molecule has 7 nitrogen and oxygen atoms in total. The van der Waals surface area contributed by atoms with Crippen LogP contribution in [0.4, 0.5) is 5.69 Å². The van der Waals surface area contributed by atoms with Crippen molar-refractivity contribution < 1.29 is 14.3 Å². The Morgan fingerprint density at radius 2 is 1.75 bits per heavy atom. The van der Waals surface area contributed by atoms with E-state index in [1.165, 1.54) is 5.56 Å². The molecule has 1 amide bonds. The number of nitrogens with zero attached hydrogens (tertiary/aromatic N) is 3. The van der Waals surface area contributed by atoms with Crippen LogP contribution in [0, 0.1) is 20.8 Å². The van der Waals surface area contributed by atoms with Gasteiger partial charge in [-0.05, 0) is 51.1 Å². The average molecular weight is 428 g/mol. The van der Waals surface area contributed by atoms with Gasteiger partial charge in [-0.15, -0.1) is 0 Å². The van der Waals surface area contributed by atoms with Gasteiger partial charge in [0.05, 0.1) is 22.8 Å². The maximum Gasteiger partial charge on any atom is 0.262 e. The molecule has 162 valence electrons. The van der Waals surface area contributed by atoms with E-state index in [-0.39, 0.29) is 12.5 Å². The van der Waals surface area contributed by atoms with Crippen LogP contribution in [0.5, 0.6) is 17.4 Å². The number of amides is 1.